The van der Waals surface area contributed by atoms with Crippen LogP contribution in [0.2, 0.25) is 0 Å². The molecule has 0 unspecified atom stereocenters. The number of benzene rings is 2. The van der Waals surface area contributed by atoms with Gasteiger partial charge in [0.2, 0.25) is 0 Å². The highest BCUT2D eigenvalue weighted by molar-refractivity contribution is 9.10. The summed E-state index contributed by atoms with van der Waals surface area (Å²) in [6.07, 6.45) is 0.794. The highest BCUT2D eigenvalue weighted by atomic mass is 79.9. The molecule has 3 heteroatoms. The predicted molar refractivity (Wildman–Crippen MR) is 66.0 cm³/mol. The normalized spacial score (nSPS) is 9.81. The topological polar surface area (TPSA) is 26.3 Å². The summed E-state index contributed by atoms with van der Waals surface area (Å²) >= 11 is 3.29. The molecule has 0 saturated carbocycles. The molecule has 0 spiro atoms. The molecule has 0 heterocycles. The second-order valence-corrected chi connectivity index (χ2v) is 4.07. The van der Waals surface area contributed by atoms with Crippen LogP contribution in [-0.4, -0.2) is 6.29 Å². The second-order valence-electron chi connectivity index (χ2n) is 3.22. The zero-order chi connectivity index (χ0) is 11.4. The Hall–Kier alpha value is -1.61. The van der Waals surface area contributed by atoms with Gasteiger partial charge in [0.25, 0.3) is 0 Å². The number of carbonyl (C=O) groups is 1. The Balaban J connectivity index is 2.26. The van der Waals surface area contributed by atoms with Gasteiger partial charge < -0.3 is 4.74 Å². The van der Waals surface area contributed by atoms with E-state index in [0.29, 0.717) is 11.3 Å². The van der Waals surface area contributed by atoms with E-state index in [4.69, 9.17) is 4.74 Å². The van der Waals surface area contributed by atoms with E-state index in [0.717, 1.165) is 16.5 Å². The first-order valence-corrected chi connectivity index (χ1v) is 5.56. The number of aldehydes is 1. The Morgan fingerprint density at radius 2 is 1.75 bits per heavy atom. The fraction of sp³-hybridized carbons (Fsp3) is 0. The van der Waals surface area contributed by atoms with Crippen LogP contribution < -0.4 is 4.74 Å². The summed E-state index contributed by atoms with van der Waals surface area (Å²) in [7, 11) is 0. The van der Waals surface area contributed by atoms with Gasteiger partial charge in [0.15, 0.2) is 6.29 Å². The number of para-hydroxylation sites is 1. The molecular weight excluding hydrogens is 268 g/mol. The highest BCUT2D eigenvalue weighted by Crippen LogP contribution is 2.25. The molecule has 0 bridgehead atoms. The lowest BCUT2D eigenvalue weighted by Gasteiger charge is -2.06. The van der Waals surface area contributed by atoms with Gasteiger partial charge in [0.1, 0.15) is 11.5 Å². The van der Waals surface area contributed by atoms with Crippen molar-refractivity contribution in [2.75, 3.05) is 0 Å². The van der Waals surface area contributed by atoms with Gasteiger partial charge in [-0.05, 0) is 30.3 Å². The van der Waals surface area contributed by atoms with Crippen molar-refractivity contribution in [3.05, 3.63) is 58.6 Å². The maximum Gasteiger partial charge on any atom is 0.151 e. The largest absolute Gasteiger partial charge is 0.457 e. The van der Waals surface area contributed by atoms with Gasteiger partial charge in [-0.3, -0.25) is 4.79 Å². The maximum absolute atomic E-state index is 10.7. The van der Waals surface area contributed by atoms with Crippen LogP contribution in [0.1, 0.15) is 10.4 Å². The minimum atomic E-state index is 0.577. The first kappa shape index (κ1) is 10.9. The molecule has 0 aromatic heterocycles. The van der Waals surface area contributed by atoms with E-state index >= 15 is 0 Å². The van der Waals surface area contributed by atoms with Crippen LogP contribution >= 0.6 is 15.9 Å². The van der Waals surface area contributed by atoms with Crippen LogP contribution in [0.5, 0.6) is 11.5 Å². The Morgan fingerprint density at radius 1 is 1.00 bits per heavy atom. The monoisotopic (exact) mass is 276 g/mol. The van der Waals surface area contributed by atoms with E-state index < -0.39 is 0 Å². The van der Waals surface area contributed by atoms with Crippen molar-refractivity contribution in [3.63, 3.8) is 0 Å². The van der Waals surface area contributed by atoms with Crippen LogP contribution in [-0.2, 0) is 0 Å². The van der Waals surface area contributed by atoms with Crippen LogP contribution in [0.3, 0.4) is 0 Å². The van der Waals surface area contributed by atoms with Crippen LogP contribution in [0.25, 0.3) is 0 Å². The number of halogens is 1. The molecule has 2 rings (SSSR count). The molecule has 80 valence electrons. The van der Waals surface area contributed by atoms with E-state index in [2.05, 4.69) is 15.9 Å². The first-order valence-electron chi connectivity index (χ1n) is 4.77. The van der Waals surface area contributed by atoms with E-state index in [9.17, 15) is 4.79 Å². The fourth-order valence-electron chi connectivity index (χ4n) is 1.30. The lowest BCUT2D eigenvalue weighted by Crippen LogP contribution is -1.87. The molecule has 2 aromatic carbocycles. The number of carbonyl (C=O) groups excluding carboxylic acids is 1. The zero-order valence-electron chi connectivity index (χ0n) is 8.39. The van der Waals surface area contributed by atoms with Crippen molar-refractivity contribution in [2.45, 2.75) is 0 Å². The van der Waals surface area contributed by atoms with Gasteiger partial charge in [-0.2, -0.15) is 0 Å². The molecule has 2 aromatic rings. The van der Waals surface area contributed by atoms with Crippen LogP contribution in [0.4, 0.5) is 0 Å². The Kier molecular flexibility index (Phi) is 3.37. The first-order chi connectivity index (χ1) is 7.79. The Morgan fingerprint density at radius 3 is 2.44 bits per heavy atom. The number of rotatable bonds is 3. The average molecular weight is 277 g/mol. The third-order valence-electron chi connectivity index (χ3n) is 2.07. The van der Waals surface area contributed by atoms with Crippen molar-refractivity contribution in [3.8, 4) is 11.5 Å². The molecule has 0 aliphatic heterocycles. The van der Waals surface area contributed by atoms with Gasteiger partial charge in [-0.1, -0.05) is 34.1 Å². The number of hydrogen-bond acceptors (Lipinski definition) is 2. The molecule has 2 nitrogen and oxygen atoms in total. The zero-order valence-corrected chi connectivity index (χ0v) is 9.98. The van der Waals surface area contributed by atoms with Crippen molar-refractivity contribution in [1.82, 2.24) is 0 Å². The summed E-state index contributed by atoms with van der Waals surface area (Å²) in [5.74, 6) is 1.40. The molecule has 0 aliphatic carbocycles. The van der Waals surface area contributed by atoms with E-state index in [-0.39, 0.29) is 0 Å². The lowest BCUT2D eigenvalue weighted by atomic mass is 10.2. The summed E-state index contributed by atoms with van der Waals surface area (Å²) in [6.45, 7) is 0. The second kappa shape index (κ2) is 4.94. The molecule has 0 amide bonds. The molecule has 16 heavy (non-hydrogen) atoms. The third kappa shape index (κ3) is 2.49. The Labute approximate surface area is 102 Å². The fourth-order valence-corrected chi connectivity index (χ4v) is 1.64. The van der Waals surface area contributed by atoms with Gasteiger partial charge in [0.05, 0.1) is 0 Å². The average Bonchev–Trinajstić information content (AvgIpc) is 2.33. The number of ether oxygens (including phenoxy) is 1. The molecule has 0 atom stereocenters. The molecule has 0 radical (unpaired) electrons. The molecule has 0 saturated heterocycles. The lowest BCUT2D eigenvalue weighted by molar-refractivity contribution is 0.112. The third-order valence-corrected chi connectivity index (χ3v) is 2.80. The summed E-state index contributed by atoms with van der Waals surface area (Å²) in [5, 5.41) is 0. The van der Waals surface area contributed by atoms with Crippen LogP contribution in [0.15, 0.2) is 53.0 Å². The molecular formula is C13H9BrO2. The smallest absolute Gasteiger partial charge is 0.151 e. The standard InChI is InChI=1S/C13H9BrO2/c14-13-7-6-12(8-10(13)9-15)16-11-4-2-1-3-5-11/h1-9H. The highest BCUT2D eigenvalue weighted by Gasteiger charge is 2.02. The number of hydrogen-bond donors (Lipinski definition) is 0. The van der Waals surface area contributed by atoms with Gasteiger partial charge in [0, 0.05) is 10.0 Å². The molecule has 0 fully saturated rings. The summed E-state index contributed by atoms with van der Waals surface area (Å²) in [4.78, 5) is 10.7. The van der Waals surface area contributed by atoms with E-state index in [1.54, 1.807) is 12.1 Å². The maximum atomic E-state index is 10.7. The van der Waals surface area contributed by atoms with E-state index in [1.165, 1.54) is 0 Å². The van der Waals surface area contributed by atoms with E-state index in [1.807, 2.05) is 36.4 Å². The van der Waals surface area contributed by atoms with Gasteiger partial charge >= 0.3 is 0 Å². The Bertz CT molecular complexity index is 495. The van der Waals surface area contributed by atoms with Gasteiger partial charge in [-0.15, -0.1) is 0 Å². The summed E-state index contributed by atoms with van der Waals surface area (Å²) in [5.41, 5.74) is 0.577. The van der Waals surface area contributed by atoms with Crippen molar-refractivity contribution < 1.29 is 9.53 Å². The van der Waals surface area contributed by atoms with Crippen LogP contribution in [0, 0.1) is 0 Å². The summed E-state index contributed by atoms with van der Waals surface area (Å²) < 4.78 is 6.36. The molecule has 0 N–H and O–H groups in total. The minimum Gasteiger partial charge on any atom is -0.457 e. The predicted octanol–water partition coefficient (Wildman–Crippen LogP) is 4.05. The quantitative estimate of drug-likeness (QED) is 0.791. The van der Waals surface area contributed by atoms with Gasteiger partial charge in [-0.25, -0.2) is 0 Å². The van der Waals surface area contributed by atoms with Crippen molar-refractivity contribution >= 4 is 22.2 Å². The summed E-state index contributed by atoms with van der Waals surface area (Å²) in [6, 6.07) is 14.7. The minimum absolute atomic E-state index is 0.577. The SMILES string of the molecule is O=Cc1cc(Oc2ccccc2)ccc1Br. The van der Waals surface area contributed by atoms with Crippen molar-refractivity contribution in [2.24, 2.45) is 0 Å². The molecule has 0 aliphatic rings. The van der Waals surface area contributed by atoms with Crippen molar-refractivity contribution in [1.29, 1.82) is 0 Å².